The molecule has 0 unspecified atom stereocenters. The van der Waals surface area contributed by atoms with E-state index in [0.717, 1.165) is 15.1 Å². The Morgan fingerprint density at radius 3 is 2.62 bits per heavy atom. The van der Waals surface area contributed by atoms with Gasteiger partial charge in [-0.05, 0) is 24.3 Å². The number of hydrogen-bond acceptors (Lipinski definition) is 3. The molecule has 0 bridgehead atoms. The summed E-state index contributed by atoms with van der Waals surface area (Å²) in [5.41, 5.74) is 1.44. The van der Waals surface area contributed by atoms with Crippen molar-refractivity contribution >= 4 is 45.1 Å². The summed E-state index contributed by atoms with van der Waals surface area (Å²) in [5.74, 6) is 0.298. The number of carbonyl (C=O) groups excluding carboxylic acids is 2. The van der Waals surface area contributed by atoms with Gasteiger partial charge in [0.2, 0.25) is 5.91 Å². The lowest BCUT2D eigenvalue weighted by Crippen LogP contribution is -2.39. The van der Waals surface area contributed by atoms with Gasteiger partial charge in [0.1, 0.15) is 0 Å². The molecule has 0 aromatic heterocycles. The van der Waals surface area contributed by atoms with Crippen molar-refractivity contribution in [2.75, 3.05) is 17.2 Å². The first-order chi connectivity index (χ1) is 10.1. The second kappa shape index (κ2) is 6.03. The van der Waals surface area contributed by atoms with Crippen LogP contribution >= 0.6 is 27.7 Å². The summed E-state index contributed by atoms with van der Waals surface area (Å²) in [7, 11) is 0. The molecule has 0 saturated carbocycles. The Kier molecular flexibility index (Phi) is 4.12. The maximum Gasteiger partial charge on any atom is 0.237 e. The Labute approximate surface area is 135 Å². The first kappa shape index (κ1) is 14.4. The number of anilines is 1. The van der Waals surface area contributed by atoms with Crippen LogP contribution in [0.4, 0.5) is 5.69 Å². The fourth-order valence-corrected chi connectivity index (χ4v) is 3.40. The third-order valence-electron chi connectivity index (χ3n) is 3.28. The van der Waals surface area contributed by atoms with E-state index in [-0.39, 0.29) is 18.2 Å². The number of carbonyl (C=O) groups is 2. The van der Waals surface area contributed by atoms with Crippen LogP contribution < -0.4 is 4.90 Å². The fourth-order valence-electron chi connectivity index (χ4n) is 2.20. The van der Waals surface area contributed by atoms with Gasteiger partial charge >= 0.3 is 0 Å². The predicted molar refractivity (Wildman–Crippen MR) is 88.0 cm³/mol. The van der Waals surface area contributed by atoms with Crippen LogP contribution in [-0.4, -0.2) is 24.0 Å². The van der Waals surface area contributed by atoms with Gasteiger partial charge in [0.15, 0.2) is 5.78 Å². The molecule has 1 amide bonds. The molecular formula is C16H12BrNO2S. The molecule has 0 spiro atoms. The molecule has 21 heavy (non-hydrogen) atoms. The normalized spacial score (nSPS) is 14.0. The van der Waals surface area contributed by atoms with Gasteiger partial charge in [0.05, 0.1) is 18.0 Å². The molecule has 3 rings (SSSR count). The third-order valence-corrected chi connectivity index (χ3v) is 4.85. The Balaban J connectivity index is 1.85. The van der Waals surface area contributed by atoms with E-state index in [9.17, 15) is 9.59 Å². The van der Waals surface area contributed by atoms with Crippen LogP contribution in [0.2, 0.25) is 0 Å². The highest BCUT2D eigenvalue weighted by Gasteiger charge is 2.26. The number of halogens is 1. The van der Waals surface area contributed by atoms with Gasteiger partial charge in [-0.25, -0.2) is 0 Å². The van der Waals surface area contributed by atoms with Crippen molar-refractivity contribution in [1.29, 1.82) is 0 Å². The van der Waals surface area contributed by atoms with Crippen molar-refractivity contribution in [3.05, 3.63) is 58.6 Å². The fraction of sp³-hybridized carbons (Fsp3) is 0.125. The van der Waals surface area contributed by atoms with Crippen molar-refractivity contribution in [3.63, 3.8) is 0 Å². The van der Waals surface area contributed by atoms with E-state index in [4.69, 9.17) is 0 Å². The van der Waals surface area contributed by atoms with Crippen molar-refractivity contribution in [2.45, 2.75) is 4.90 Å². The van der Waals surface area contributed by atoms with Gasteiger partial charge < -0.3 is 4.90 Å². The smallest absolute Gasteiger partial charge is 0.237 e. The maximum absolute atomic E-state index is 12.4. The third kappa shape index (κ3) is 3.04. The van der Waals surface area contributed by atoms with Crippen LogP contribution in [0.25, 0.3) is 0 Å². The maximum atomic E-state index is 12.4. The summed E-state index contributed by atoms with van der Waals surface area (Å²) in [5, 5.41) is 0. The molecule has 106 valence electrons. The molecule has 0 saturated heterocycles. The molecule has 0 atom stereocenters. The Morgan fingerprint density at radius 1 is 1.14 bits per heavy atom. The van der Waals surface area contributed by atoms with Gasteiger partial charge in [-0.3, -0.25) is 9.59 Å². The SMILES string of the molecule is O=C(CN1C(=O)CSc2ccccc21)c1ccc(Br)cc1. The van der Waals surface area contributed by atoms with Gasteiger partial charge in [-0.15, -0.1) is 11.8 Å². The second-order valence-electron chi connectivity index (χ2n) is 4.67. The van der Waals surface area contributed by atoms with Crippen molar-refractivity contribution in [3.8, 4) is 0 Å². The van der Waals surface area contributed by atoms with Gasteiger partial charge in [0, 0.05) is 14.9 Å². The number of rotatable bonds is 3. The van der Waals surface area contributed by atoms with Gasteiger partial charge in [0.25, 0.3) is 0 Å². The zero-order valence-corrected chi connectivity index (χ0v) is 13.5. The van der Waals surface area contributed by atoms with Gasteiger partial charge in [-0.1, -0.05) is 40.2 Å². The summed E-state index contributed by atoms with van der Waals surface area (Å²) in [6, 6.07) is 14.9. The molecule has 1 aliphatic rings. The Bertz CT molecular complexity index is 700. The number of para-hydroxylation sites is 1. The standard InChI is InChI=1S/C16H12BrNO2S/c17-12-7-5-11(6-8-12)14(19)9-18-13-3-1-2-4-15(13)21-10-16(18)20/h1-8H,9-10H2. The summed E-state index contributed by atoms with van der Waals surface area (Å²) >= 11 is 4.86. The lowest BCUT2D eigenvalue weighted by Gasteiger charge is -2.28. The van der Waals surface area contributed by atoms with Crippen LogP contribution in [0, 0.1) is 0 Å². The largest absolute Gasteiger partial charge is 0.303 e. The minimum Gasteiger partial charge on any atom is -0.303 e. The van der Waals surface area contributed by atoms with Crippen LogP contribution in [0.15, 0.2) is 57.9 Å². The molecule has 2 aromatic rings. The highest BCUT2D eigenvalue weighted by atomic mass is 79.9. The van der Waals surface area contributed by atoms with E-state index in [1.54, 1.807) is 17.0 Å². The Morgan fingerprint density at radius 2 is 1.86 bits per heavy atom. The highest BCUT2D eigenvalue weighted by molar-refractivity contribution is 9.10. The average molecular weight is 362 g/mol. The zero-order chi connectivity index (χ0) is 14.8. The lowest BCUT2D eigenvalue weighted by molar-refractivity contribution is -0.116. The van der Waals surface area contributed by atoms with E-state index >= 15 is 0 Å². The number of thioether (sulfide) groups is 1. The summed E-state index contributed by atoms with van der Waals surface area (Å²) in [6.45, 7) is 0.0814. The number of benzene rings is 2. The number of Topliss-reactive ketones (excluding diaryl/α,β-unsaturated/α-hetero) is 1. The molecule has 3 nitrogen and oxygen atoms in total. The minimum absolute atomic E-state index is 0.0239. The van der Waals surface area contributed by atoms with Crippen LogP contribution in [0.3, 0.4) is 0 Å². The first-order valence-corrected chi connectivity index (χ1v) is 8.24. The van der Waals surface area contributed by atoms with E-state index in [0.29, 0.717) is 11.3 Å². The summed E-state index contributed by atoms with van der Waals surface area (Å²) in [6.07, 6.45) is 0. The summed E-state index contributed by atoms with van der Waals surface area (Å²) in [4.78, 5) is 27.1. The van der Waals surface area contributed by atoms with Crippen molar-refractivity contribution < 1.29 is 9.59 Å². The molecule has 5 heteroatoms. The van der Waals surface area contributed by atoms with Crippen molar-refractivity contribution in [2.24, 2.45) is 0 Å². The molecule has 0 N–H and O–H groups in total. The molecule has 1 aliphatic heterocycles. The van der Waals surface area contributed by atoms with E-state index in [1.165, 1.54) is 11.8 Å². The first-order valence-electron chi connectivity index (χ1n) is 6.46. The Hall–Kier alpha value is -1.59. The van der Waals surface area contributed by atoms with Crippen LogP contribution in [-0.2, 0) is 4.79 Å². The number of ketones is 1. The van der Waals surface area contributed by atoms with E-state index in [1.807, 2.05) is 36.4 Å². The topological polar surface area (TPSA) is 37.4 Å². The second-order valence-corrected chi connectivity index (χ2v) is 6.60. The number of hydrogen-bond donors (Lipinski definition) is 0. The summed E-state index contributed by atoms with van der Waals surface area (Å²) < 4.78 is 0.926. The number of nitrogens with zero attached hydrogens (tertiary/aromatic N) is 1. The predicted octanol–water partition coefficient (Wildman–Crippen LogP) is 3.77. The zero-order valence-electron chi connectivity index (χ0n) is 11.1. The molecule has 0 radical (unpaired) electrons. The van der Waals surface area contributed by atoms with E-state index in [2.05, 4.69) is 15.9 Å². The molecular weight excluding hydrogens is 350 g/mol. The molecule has 0 aliphatic carbocycles. The molecule has 0 fully saturated rings. The highest BCUT2D eigenvalue weighted by Crippen LogP contribution is 2.34. The van der Waals surface area contributed by atoms with Crippen LogP contribution in [0.5, 0.6) is 0 Å². The molecule has 1 heterocycles. The van der Waals surface area contributed by atoms with E-state index < -0.39 is 0 Å². The van der Waals surface area contributed by atoms with Crippen LogP contribution in [0.1, 0.15) is 10.4 Å². The van der Waals surface area contributed by atoms with Crippen molar-refractivity contribution in [1.82, 2.24) is 0 Å². The van der Waals surface area contributed by atoms with Gasteiger partial charge in [-0.2, -0.15) is 0 Å². The lowest BCUT2D eigenvalue weighted by atomic mass is 10.1. The minimum atomic E-state index is -0.0578. The monoisotopic (exact) mass is 361 g/mol. The quantitative estimate of drug-likeness (QED) is 0.780. The average Bonchev–Trinajstić information content (AvgIpc) is 2.51. The molecule has 2 aromatic carbocycles. The number of amides is 1. The number of fused-ring (bicyclic) bond motifs is 1.